The van der Waals surface area contributed by atoms with Crippen molar-refractivity contribution in [3.63, 3.8) is 0 Å². The summed E-state index contributed by atoms with van der Waals surface area (Å²) in [6, 6.07) is 0. The topological polar surface area (TPSA) is 75.7 Å². The molecule has 3 aliphatic rings. The second-order valence-electron chi connectivity index (χ2n) is 8.61. The van der Waals surface area contributed by atoms with Crippen LogP contribution < -0.4 is 5.32 Å². The van der Waals surface area contributed by atoms with Gasteiger partial charge in [-0.3, -0.25) is 9.59 Å². The fourth-order valence-electron chi connectivity index (χ4n) is 5.15. The fourth-order valence-corrected chi connectivity index (χ4v) is 6.47. The standard InChI is InChI=1S/C22H30N2O4S/c1-14(25)23-21-20(17-8-4-5-9-18(17)29-21)22(27)28-13-19(26)24-11-10-15-6-2-3-7-16(15)12-24/h15-16H,2-13H2,1H3,(H,23,25)/t15-,16-/m0/s1. The number of ether oxygens (including phenoxy) is 1. The van der Waals surface area contributed by atoms with Crippen LogP contribution >= 0.6 is 11.3 Å². The first-order chi connectivity index (χ1) is 14.0. The summed E-state index contributed by atoms with van der Waals surface area (Å²) in [7, 11) is 0. The van der Waals surface area contributed by atoms with Crippen molar-refractivity contribution in [3.05, 3.63) is 16.0 Å². The van der Waals surface area contributed by atoms with Crippen LogP contribution in [0.2, 0.25) is 0 Å². The van der Waals surface area contributed by atoms with Gasteiger partial charge in [0.25, 0.3) is 5.91 Å². The number of amides is 2. The molecule has 0 bridgehead atoms. The Bertz CT molecular complexity index is 803. The first kappa shape index (κ1) is 20.4. The molecule has 0 aromatic carbocycles. The first-order valence-corrected chi connectivity index (χ1v) is 11.7. The van der Waals surface area contributed by atoms with Gasteiger partial charge in [0.1, 0.15) is 5.00 Å². The number of carbonyl (C=O) groups is 3. The van der Waals surface area contributed by atoms with E-state index in [1.54, 1.807) is 0 Å². The molecule has 2 heterocycles. The number of hydrogen-bond donors (Lipinski definition) is 1. The number of nitrogens with one attached hydrogen (secondary N) is 1. The summed E-state index contributed by atoms with van der Waals surface area (Å²) in [5.41, 5.74) is 1.45. The maximum atomic E-state index is 12.9. The Labute approximate surface area is 176 Å². The summed E-state index contributed by atoms with van der Waals surface area (Å²) >= 11 is 1.47. The number of nitrogens with zero attached hydrogens (tertiary/aromatic N) is 1. The predicted molar refractivity (Wildman–Crippen MR) is 112 cm³/mol. The van der Waals surface area contributed by atoms with Gasteiger partial charge in [0.15, 0.2) is 6.61 Å². The van der Waals surface area contributed by atoms with E-state index in [0.29, 0.717) is 16.5 Å². The summed E-state index contributed by atoms with van der Waals surface area (Å²) in [6.07, 6.45) is 9.99. The van der Waals surface area contributed by atoms with E-state index in [0.717, 1.165) is 61.6 Å². The minimum absolute atomic E-state index is 0.104. The lowest BCUT2D eigenvalue weighted by Gasteiger charge is -2.41. The lowest BCUT2D eigenvalue weighted by atomic mass is 9.75. The number of piperidine rings is 1. The number of rotatable bonds is 4. The number of aryl methyl sites for hydroxylation is 1. The van der Waals surface area contributed by atoms with Gasteiger partial charge in [-0.2, -0.15) is 0 Å². The smallest absolute Gasteiger partial charge is 0.341 e. The molecule has 1 N–H and O–H groups in total. The maximum Gasteiger partial charge on any atom is 0.341 e. The number of carbonyl (C=O) groups excluding carboxylic acids is 3. The van der Waals surface area contributed by atoms with Crippen LogP contribution in [0.4, 0.5) is 5.00 Å². The molecule has 0 spiro atoms. The minimum atomic E-state index is -0.492. The summed E-state index contributed by atoms with van der Waals surface area (Å²) in [5, 5.41) is 3.34. The van der Waals surface area contributed by atoms with Crippen molar-refractivity contribution >= 4 is 34.1 Å². The molecule has 2 fully saturated rings. The number of thiophene rings is 1. The highest BCUT2D eigenvalue weighted by Crippen LogP contribution is 2.39. The van der Waals surface area contributed by atoms with Gasteiger partial charge in [-0.25, -0.2) is 4.79 Å². The van der Waals surface area contributed by atoms with E-state index in [2.05, 4.69) is 5.32 Å². The van der Waals surface area contributed by atoms with Crippen LogP contribution in [-0.4, -0.2) is 42.4 Å². The van der Waals surface area contributed by atoms with Gasteiger partial charge >= 0.3 is 5.97 Å². The van der Waals surface area contributed by atoms with Crippen molar-refractivity contribution in [1.82, 2.24) is 4.90 Å². The largest absolute Gasteiger partial charge is 0.452 e. The SMILES string of the molecule is CC(=O)Nc1sc2c(c1C(=O)OCC(=O)N1CC[C@@H]3CCCC[C@H]3C1)CCCC2. The molecule has 0 unspecified atom stereocenters. The van der Waals surface area contributed by atoms with Crippen molar-refractivity contribution < 1.29 is 19.1 Å². The molecule has 7 heteroatoms. The first-order valence-electron chi connectivity index (χ1n) is 10.9. The molecule has 1 aromatic heterocycles. The lowest BCUT2D eigenvalue weighted by Crippen LogP contribution is -2.46. The molecule has 2 amide bonds. The summed E-state index contributed by atoms with van der Waals surface area (Å²) in [5.74, 6) is 0.561. The minimum Gasteiger partial charge on any atom is -0.452 e. The second kappa shape index (κ2) is 8.86. The van der Waals surface area contributed by atoms with E-state index in [1.807, 2.05) is 4.90 Å². The third-order valence-corrected chi connectivity index (χ3v) is 7.84. The van der Waals surface area contributed by atoms with E-state index >= 15 is 0 Å². The van der Waals surface area contributed by atoms with Gasteiger partial charge in [0.2, 0.25) is 5.91 Å². The highest BCUT2D eigenvalue weighted by atomic mass is 32.1. The molecule has 29 heavy (non-hydrogen) atoms. The molecular weight excluding hydrogens is 388 g/mol. The average Bonchev–Trinajstić information content (AvgIpc) is 3.08. The van der Waals surface area contributed by atoms with Crippen molar-refractivity contribution in [2.45, 2.75) is 64.7 Å². The van der Waals surface area contributed by atoms with Crippen LogP contribution in [0.5, 0.6) is 0 Å². The Morgan fingerprint density at radius 2 is 1.83 bits per heavy atom. The van der Waals surface area contributed by atoms with Crippen LogP contribution in [0.1, 0.15) is 72.7 Å². The Hall–Kier alpha value is -1.89. The molecular formula is C22H30N2O4S. The van der Waals surface area contributed by atoms with Gasteiger partial charge in [-0.05, 0) is 55.9 Å². The maximum absolute atomic E-state index is 12.9. The number of esters is 1. The number of likely N-dealkylation sites (tertiary alicyclic amines) is 1. The molecule has 6 nitrogen and oxygen atoms in total. The lowest BCUT2D eigenvalue weighted by molar-refractivity contribution is -0.137. The van der Waals surface area contributed by atoms with Crippen molar-refractivity contribution in [1.29, 1.82) is 0 Å². The third kappa shape index (κ3) is 4.49. The van der Waals surface area contributed by atoms with Crippen molar-refractivity contribution in [2.75, 3.05) is 25.0 Å². The van der Waals surface area contributed by atoms with Crippen LogP contribution in [0.15, 0.2) is 0 Å². The number of hydrogen-bond acceptors (Lipinski definition) is 5. The van der Waals surface area contributed by atoms with Gasteiger partial charge in [-0.1, -0.05) is 19.3 Å². The normalized spacial score (nSPS) is 23.7. The molecule has 1 saturated heterocycles. The average molecular weight is 419 g/mol. The molecule has 0 radical (unpaired) electrons. The Morgan fingerprint density at radius 3 is 2.62 bits per heavy atom. The fraction of sp³-hybridized carbons (Fsp3) is 0.682. The van der Waals surface area contributed by atoms with Gasteiger partial charge < -0.3 is 15.0 Å². The summed E-state index contributed by atoms with van der Waals surface area (Å²) < 4.78 is 5.45. The summed E-state index contributed by atoms with van der Waals surface area (Å²) in [6.45, 7) is 2.78. The van der Waals surface area contributed by atoms with Crippen molar-refractivity contribution in [3.8, 4) is 0 Å². The van der Waals surface area contributed by atoms with Crippen LogP contribution in [-0.2, 0) is 27.2 Å². The Morgan fingerprint density at radius 1 is 1.07 bits per heavy atom. The molecule has 2 aliphatic carbocycles. The highest BCUT2D eigenvalue weighted by Gasteiger charge is 2.33. The third-order valence-electron chi connectivity index (χ3n) is 6.64. The molecule has 1 aromatic rings. The predicted octanol–water partition coefficient (Wildman–Crippen LogP) is 3.78. The van der Waals surface area contributed by atoms with E-state index in [9.17, 15) is 14.4 Å². The van der Waals surface area contributed by atoms with Crippen LogP contribution in [0.25, 0.3) is 0 Å². The number of fused-ring (bicyclic) bond motifs is 2. The Balaban J connectivity index is 1.40. The van der Waals surface area contributed by atoms with Crippen LogP contribution in [0.3, 0.4) is 0 Å². The van der Waals surface area contributed by atoms with E-state index < -0.39 is 5.97 Å². The quantitative estimate of drug-likeness (QED) is 0.755. The van der Waals surface area contributed by atoms with E-state index in [-0.39, 0.29) is 18.4 Å². The Kier molecular flexibility index (Phi) is 6.23. The zero-order chi connectivity index (χ0) is 20.4. The van der Waals surface area contributed by atoms with Gasteiger partial charge in [-0.15, -0.1) is 11.3 Å². The van der Waals surface area contributed by atoms with Crippen molar-refractivity contribution in [2.24, 2.45) is 11.8 Å². The molecule has 1 saturated carbocycles. The zero-order valence-corrected chi connectivity index (χ0v) is 17.9. The molecule has 1 aliphatic heterocycles. The highest BCUT2D eigenvalue weighted by molar-refractivity contribution is 7.17. The monoisotopic (exact) mass is 418 g/mol. The molecule has 4 rings (SSSR count). The van der Waals surface area contributed by atoms with Gasteiger partial charge in [0, 0.05) is 24.9 Å². The zero-order valence-electron chi connectivity index (χ0n) is 17.1. The van der Waals surface area contributed by atoms with E-state index in [4.69, 9.17) is 4.74 Å². The molecule has 2 atom stereocenters. The van der Waals surface area contributed by atoms with Gasteiger partial charge in [0.05, 0.1) is 5.56 Å². The number of anilines is 1. The summed E-state index contributed by atoms with van der Waals surface area (Å²) in [4.78, 5) is 40.1. The second-order valence-corrected chi connectivity index (χ2v) is 9.71. The van der Waals surface area contributed by atoms with E-state index in [1.165, 1.54) is 43.9 Å². The molecule has 158 valence electrons. The van der Waals surface area contributed by atoms with Crippen LogP contribution in [0, 0.1) is 11.8 Å².